The molecule has 0 aliphatic heterocycles. The summed E-state index contributed by atoms with van der Waals surface area (Å²) in [6.07, 6.45) is 9.18. The fourth-order valence-electron chi connectivity index (χ4n) is 5.29. The molecule has 198 valence electrons. The molecule has 2 aromatic carbocycles. The summed E-state index contributed by atoms with van der Waals surface area (Å²) in [5, 5.41) is 19.3. The van der Waals surface area contributed by atoms with Crippen LogP contribution in [0.2, 0.25) is 0 Å². The zero-order chi connectivity index (χ0) is 27.4. The molecule has 1 aliphatic carbocycles. The van der Waals surface area contributed by atoms with Crippen molar-refractivity contribution in [2.75, 3.05) is 14.1 Å². The van der Waals surface area contributed by atoms with Crippen LogP contribution >= 0.6 is 0 Å². The van der Waals surface area contributed by atoms with Crippen molar-refractivity contribution < 1.29 is 4.79 Å². The van der Waals surface area contributed by atoms with E-state index in [0.717, 1.165) is 52.0 Å². The second-order valence-corrected chi connectivity index (χ2v) is 10.6. The van der Waals surface area contributed by atoms with Gasteiger partial charge in [-0.05, 0) is 49.1 Å². The molecule has 10 heteroatoms. The van der Waals surface area contributed by atoms with Crippen LogP contribution in [0.5, 0.6) is 0 Å². The molecule has 40 heavy (non-hydrogen) atoms. The van der Waals surface area contributed by atoms with E-state index in [0.29, 0.717) is 5.78 Å². The van der Waals surface area contributed by atoms with Gasteiger partial charge in [0.25, 0.3) is 5.78 Å². The maximum absolute atomic E-state index is 12.3. The molecule has 6 aromatic rings. The van der Waals surface area contributed by atoms with Gasteiger partial charge in [-0.1, -0.05) is 36.4 Å². The molecule has 7 rings (SSSR count). The van der Waals surface area contributed by atoms with Crippen molar-refractivity contribution in [3.8, 4) is 22.4 Å². The second-order valence-electron chi connectivity index (χ2n) is 10.6. The van der Waals surface area contributed by atoms with Gasteiger partial charge in [-0.3, -0.25) is 14.5 Å². The number of fused-ring (bicyclic) bond motifs is 2. The Morgan fingerprint density at radius 3 is 2.52 bits per heavy atom. The zero-order valence-electron chi connectivity index (χ0n) is 22.4. The highest BCUT2D eigenvalue weighted by molar-refractivity contribution is 5.80. The summed E-state index contributed by atoms with van der Waals surface area (Å²) in [6.45, 7) is 1.85. The third-order valence-electron chi connectivity index (χ3n) is 7.78. The van der Waals surface area contributed by atoms with Crippen molar-refractivity contribution in [1.29, 1.82) is 0 Å². The molecule has 0 radical (unpaired) electrons. The van der Waals surface area contributed by atoms with Gasteiger partial charge in [0, 0.05) is 43.0 Å². The van der Waals surface area contributed by atoms with Gasteiger partial charge >= 0.3 is 0 Å². The van der Waals surface area contributed by atoms with E-state index in [2.05, 4.69) is 49.5 Å². The number of aromatic nitrogens is 8. The molecule has 1 atom stereocenters. The number of likely N-dealkylation sites (N-methyl/N-ethyl adjacent to an activating group) is 1. The van der Waals surface area contributed by atoms with Gasteiger partial charge in [-0.25, -0.2) is 4.98 Å². The van der Waals surface area contributed by atoms with Gasteiger partial charge in [-0.2, -0.15) is 14.7 Å². The molecule has 1 amide bonds. The minimum Gasteiger partial charge on any atom is -0.347 e. The lowest BCUT2D eigenvalue weighted by molar-refractivity contribution is -0.131. The van der Waals surface area contributed by atoms with Crippen LogP contribution in [0.1, 0.15) is 37.2 Å². The SMILES string of the molecule is C[C@@H](C(=O)N(C)C)n1cc(-c2ccc(-c3cnc4nnc(C5(c6ccc7ncccc7c6)CC5)n4n3)cc2)cn1. The molecule has 0 unspecified atom stereocenters. The monoisotopic (exact) mass is 529 g/mol. The Balaban J connectivity index is 1.19. The van der Waals surface area contributed by atoms with E-state index in [1.165, 1.54) is 5.56 Å². The first kappa shape index (κ1) is 24.1. The first-order valence-electron chi connectivity index (χ1n) is 13.2. The fraction of sp³-hybridized carbons (Fsp3) is 0.233. The zero-order valence-corrected chi connectivity index (χ0v) is 22.4. The molecule has 4 heterocycles. The third-order valence-corrected chi connectivity index (χ3v) is 7.78. The standard InChI is InChI=1S/C30H27N9O/c1-19(27(40)37(2)3)38-18-23(16-33-38)20-6-8-21(9-7-20)26-17-32-29-35-34-28(39(29)36-26)30(12-13-30)24-10-11-25-22(15-24)5-4-14-31-25/h4-11,14-19H,12-13H2,1-3H3/t19-/m0/s1. The van der Waals surface area contributed by atoms with Gasteiger partial charge in [-0.15, -0.1) is 10.2 Å². The Morgan fingerprint density at radius 1 is 0.950 bits per heavy atom. The Hall–Kier alpha value is -4.99. The average molecular weight is 530 g/mol. The van der Waals surface area contributed by atoms with Crippen LogP contribution in [-0.2, 0) is 10.2 Å². The molecule has 10 nitrogen and oxygen atoms in total. The van der Waals surface area contributed by atoms with E-state index >= 15 is 0 Å². The molecular weight excluding hydrogens is 502 g/mol. The largest absolute Gasteiger partial charge is 0.347 e. The van der Waals surface area contributed by atoms with Gasteiger partial charge in [0.15, 0.2) is 5.82 Å². The van der Waals surface area contributed by atoms with Crippen molar-refractivity contribution in [2.24, 2.45) is 0 Å². The number of benzene rings is 2. The summed E-state index contributed by atoms with van der Waals surface area (Å²) in [7, 11) is 3.49. The van der Waals surface area contributed by atoms with Crippen LogP contribution in [-0.4, -0.2) is 64.5 Å². The van der Waals surface area contributed by atoms with E-state index in [9.17, 15) is 4.79 Å². The van der Waals surface area contributed by atoms with Crippen LogP contribution < -0.4 is 0 Å². The molecule has 0 spiro atoms. The Labute approximate surface area is 230 Å². The molecular formula is C30H27N9O. The highest BCUT2D eigenvalue weighted by Crippen LogP contribution is 2.53. The number of hydrogen-bond acceptors (Lipinski definition) is 7. The van der Waals surface area contributed by atoms with E-state index in [-0.39, 0.29) is 17.4 Å². The topological polar surface area (TPSA) is 107 Å². The Morgan fingerprint density at radius 2 is 1.75 bits per heavy atom. The summed E-state index contributed by atoms with van der Waals surface area (Å²) >= 11 is 0. The maximum Gasteiger partial charge on any atom is 0.271 e. The van der Waals surface area contributed by atoms with E-state index in [1.54, 1.807) is 40.6 Å². The quantitative estimate of drug-likeness (QED) is 0.316. The lowest BCUT2D eigenvalue weighted by atomic mass is 9.94. The number of carbonyl (C=O) groups is 1. The lowest BCUT2D eigenvalue weighted by Crippen LogP contribution is -2.30. The molecule has 1 saturated carbocycles. The van der Waals surface area contributed by atoms with Crippen molar-refractivity contribution in [3.05, 3.63) is 90.8 Å². The average Bonchev–Trinajstić information content (AvgIpc) is 3.44. The van der Waals surface area contributed by atoms with E-state index in [1.807, 2.05) is 49.6 Å². The first-order valence-corrected chi connectivity index (χ1v) is 13.2. The predicted molar refractivity (Wildman–Crippen MR) is 150 cm³/mol. The molecule has 1 fully saturated rings. The summed E-state index contributed by atoms with van der Waals surface area (Å²) < 4.78 is 3.48. The number of nitrogens with zero attached hydrogens (tertiary/aromatic N) is 9. The highest BCUT2D eigenvalue weighted by atomic mass is 16.2. The normalized spacial score (nSPS) is 14.9. The number of amides is 1. The van der Waals surface area contributed by atoms with Crippen LogP contribution in [0, 0.1) is 0 Å². The fourth-order valence-corrected chi connectivity index (χ4v) is 5.29. The minimum absolute atomic E-state index is 0.00192. The Bertz CT molecular complexity index is 1880. The van der Waals surface area contributed by atoms with Crippen LogP contribution in [0.25, 0.3) is 39.1 Å². The van der Waals surface area contributed by atoms with Crippen molar-refractivity contribution in [2.45, 2.75) is 31.2 Å². The van der Waals surface area contributed by atoms with Crippen molar-refractivity contribution in [1.82, 2.24) is 44.5 Å². The van der Waals surface area contributed by atoms with Gasteiger partial charge in [0.2, 0.25) is 5.91 Å². The summed E-state index contributed by atoms with van der Waals surface area (Å²) in [5.74, 6) is 1.29. The number of rotatable bonds is 6. The lowest BCUT2D eigenvalue weighted by Gasteiger charge is -2.16. The smallest absolute Gasteiger partial charge is 0.271 e. The number of hydrogen-bond donors (Lipinski definition) is 0. The predicted octanol–water partition coefficient (Wildman–Crippen LogP) is 4.33. The molecule has 1 aliphatic rings. The highest BCUT2D eigenvalue weighted by Gasteiger charge is 2.50. The van der Waals surface area contributed by atoms with Crippen molar-refractivity contribution in [3.63, 3.8) is 0 Å². The van der Waals surface area contributed by atoms with Crippen LogP contribution in [0.15, 0.2) is 79.4 Å². The Kier molecular flexibility index (Phi) is 5.44. The molecule has 4 aromatic heterocycles. The minimum atomic E-state index is -0.371. The molecule has 0 N–H and O–H groups in total. The molecule has 0 saturated heterocycles. The summed E-state index contributed by atoms with van der Waals surface area (Å²) in [5.41, 5.74) is 5.55. The summed E-state index contributed by atoms with van der Waals surface area (Å²) in [6, 6.07) is 18.2. The van der Waals surface area contributed by atoms with Crippen molar-refractivity contribution >= 4 is 22.6 Å². The molecule has 0 bridgehead atoms. The van der Waals surface area contributed by atoms with Crippen LogP contribution in [0.3, 0.4) is 0 Å². The number of carbonyl (C=O) groups excluding carboxylic acids is 1. The summed E-state index contributed by atoms with van der Waals surface area (Å²) in [4.78, 5) is 22.9. The number of pyridine rings is 1. The van der Waals surface area contributed by atoms with E-state index in [4.69, 9.17) is 5.10 Å². The third kappa shape index (κ3) is 3.91. The second kappa shape index (κ2) is 9.04. The first-order chi connectivity index (χ1) is 19.4. The van der Waals surface area contributed by atoms with E-state index < -0.39 is 0 Å². The van der Waals surface area contributed by atoms with Gasteiger partial charge in [0.05, 0.1) is 23.3 Å². The van der Waals surface area contributed by atoms with Gasteiger partial charge in [0.1, 0.15) is 11.7 Å². The van der Waals surface area contributed by atoms with Crippen LogP contribution in [0.4, 0.5) is 0 Å². The van der Waals surface area contributed by atoms with Gasteiger partial charge < -0.3 is 4.90 Å². The maximum atomic E-state index is 12.3.